The standard InChI is InChI=1S/C14H21N3OS/c1-2-9-15-10-8-14-17-16-13(18-14)7-3-5-12-6-4-11-19-12/h4,6,11,15H,2-3,5,7-10H2,1H3. The Labute approximate surface area is 118 Å². The van der Waals surface area contributed by atoms with Gasteiger partial charge in [-0.25, -0.2) is 0 Å². The molecule has 104 valence electrons. The number of hydrogen-bond acceptors (Lipinski definition) is 5. The molecule has 0 bridgehead atoms. The minimum atomic E-state index is 0.745. The van der Waals surface area contributed by atoms with E-state index in [9.17, 15) is 0 Å². The molecule has 0 amide bonds. The first-order valence-electron chi connectivity index (χ1n) is 6.93. The Morgan fingerprint density at radius 1 is 1.16 bits per heavy atom. The number of aromatic nitrogens is 2. The molecule has 4 nitrogen and oxygen atoms in total. The van der Waals surface area contributed by atoms with Gasteiger partial charge < -0.3 is 9.73 Å². The Morgan fingerprint density at radius 2 is 2.00 bits per heavy atom. The molecule has 1 N–H and O–H groups in total. The maximum absolute atomic E-state index is 5.62. The van der Waals surface area contributed by atoms with Crippen LogP contribution in [0.5, 0.6) is 0 Å². The molecule has 0 aliphatic carbocycles. The van der Waals surface area contributed by atoms with Gasteiger partial charge in [0.1, 0.15) is 0 Å². The van der Waals surface area contributed by atoms with Gasteiger partial charge in [0.2, 0.25) is 11.8 Å². The van der Waals surface area contributed by atoms with Crippen molar-refractivity contribution >= 4 is 11.3 Å². The van der Waals surface area contributed by atoms with Crippen LogP contribution in [-0.4, -0.2) is 23.3 Å². The third-order valence-corrected chi connectivity index (χ3v) is 3.78. The molecule has 0 saturated heterocycles. The quantitative estimate of drug-likeness (QED) is 0.717. The van der Waals surface area contributed by atoms with Crippen LogP contribution in [-0.2, 0) is 19.3 Å². The summed E-state index contributed by atoms with van der Waals surface area (Å²) in [6, 6.07) is 4.26. The third kappa shape index (κ3) is 5.12. The van der Waals surface area contributed by atoms with Gasteiger partial charge >= 0.3 is 0 Å². The Morgan fingerprint density at radius 3 is 2.74 bits per heavy atom. The normalized spacial score (nSPS) is 11.0. The Hall–Kier alpha value is -1.20. The molecule has 19 heavy (non-hydrogen) atoms. The first-order chi connectivity index (χ1) is 9.38. The van der Waals surface area contributed by atoms with Crippen LogP contribution in [0.25, 0.3) is 0 Å². The van der Waals surface area contributed by atoms with Crippen LogP contribution >= 0.6 is 11.3 Å². The molecule has 0 aliphatic rings. The number of nitrogens with zero attached hydrogens (tertiary/aromatic N) is 2. The summed E-state index contributed by atoms with van der Waals surface area (Å²) in [5, 5.41) is 13.6. The van der Waals surface area contributed by atoms with Crippen LogP contribution in [0.1, 0.15) is 36.4 Å². The van der Waals surface area contributed by atoms with Gasteiger partial charge in [-0.1, -0.05) is 13.0 Å². The molecule has 0 saturated carbocycles. The van der Waals surface area contributed by atoms with E-state index in [1.165, 1.54) is 4.88 Å². The average molecular weight is 279 g/mol. The number of thiophene rings is 1. The second-order valence-electron chi connectivity index (χ2n) is 4.52. The fourth-order valence-corrected chi connectivity index (χ4v) is 2.61. The van der Waals surface area contributed by atoms with E-state index >= 15 is 0 Å². The molecular formula is C14H21N3OS. The average Bonchev–Trinajstić information content (AvgIpc) is 3.07. The molecule has 2 aromatic rings. The van der Waals surface area contributed by atoms with E-state index < -0.39 is 0 Å². The van der Waals surface area contributed by atoms with Gasteiger partial charge in [0, 0.05) is 24.3 Å². The predicted molar refractivity (Wildman–Crippen MR) is 77.5 cm³/mol. The van der Waals surface area contributed by atoms with Crippen LogP contribution in [0.3, 0.4) is 0 Å². The number of nitrogens with one attached hydrogen (secondary N) is 1. The summed E-state index contributed by atoms with van der Waals surface area (Å²) in [6.07, 6.45) is 4.99. The van der Waals surface area contributed by atoms with Gasteiger partial charge in [-0.15, -0.1) is 21.5 Å². The maximum atomic E-state index is 5.62. The summed E-state index contributed by atoms with van der Waals surface area (Å²) in [7, 11) is 0. The number of rotatable bonds is 9. The topological polar surface area (TPSA) is 51.0 Å². The van der Waals surface area contributed by atoms with Gasteiger partial charge in [0.15, 0.2) is 0 Å². The highest BCUT2D eigenvalue weighted by Crippen LogP contribution is 2.12. The zero-order valence-corrected chi connectivity index (χ0v) is 12.2. The van der Waals surface area contributed by atoms with Crippen molar-refractivity contribution in [3.8, 4) is 0 Å². The zero-order valence-electron chi connectivity index (χ0n) is 11.4. The second kappa shape index (κ2) is 8.07. The molecule has 0 aliphatic heterocycles. The van der Waals surface area contributed by atoms with E-state index in [0.717, 1.165) is 57.0 Å². The van der Waals surface area contributed by atoms with Gasteiger partial charge in [0.05, 0.1) is 0 Å². The van der Waals surface area contributed by atoms with E-state index in [1.54, 1.807) is 11.3 Å². The van der Waals surface area contributed by atoms with E-state index in [0.29, 0.717) is 0 Å². The van der Waals surface area contributed by atoms with Gasteiger partial charge in [-0.05, 0) is 37.3 Å². The van der Waals surface area contributed by atoms with Gasteiger partial charge in [-0.3, -0.25) is 0 Å². The third-order valence-electron chi connectivity index (χ3n) is 2.85. The van der Waals surface area contributed by atoms with Crippen molar-refractivity contribution in [2.45, 2.75) is 39.0 Å². The first kappa shape index (κ1) is 14.2. The zero-order chi connectivity index (χ0) is 13.3. The highest BCUT2D eigenvalue weighted by molar-refractivity contribution is 7.09. The largest absolute Gasteiger partial charge is 0.425 e. The number of hydrogen-bond donors (Lipinski definition) is 1. The van der Waals surface area contributed by atoms with Crippen LogP contribution in [0.4, 0.5) is 0 Å². The molecule has 0 spiro atoms. The highest BCUT2D eigenvalue weighted by Gasteiger charge is 2.05. The fraction of sp³-hybridized carbons (Fsp3) is 0.571. The van der Waals surface area contributed by atoms with Crippen molar-refractivity contribution in [1.82, 2.24) is 15.5 Å². The number of aryl methyl sites for hydroxylation is 2. The van der Waals surface area contributed by atoms with Crippen LogP contribution < -0.4 is 5.32 Å². The summed E-state index contributed by atoms with van der Waals surface area (Å²) in [5.74, 6) is 1.51. The molecule has 0 aromatic carbocycles. The summed E-state index contributed by atoms with van der Waals surface area (Å²) >= 11 is 1.80. The molecular weight excluding hydrogens is 258 g/mol. The monoisotopic (exact) mass is 279 g/mol. The van der Waals surface area contributed by atoms with Crippen LogP contribution in [0.15, 0.2) is 21.9 Å². The lowest BCUT2D eigenvalue weighted by atomic mass is 10.2. The lowest BCUT2D eigenvalue weighted by molar-refractivity contribution is 0.439. The SMILES string of the molecule is CCCNCCc1nnc(CCCc2cccs2)o1. The molecule has 2 heterocycles. The molecule has 0 fully saturated rings. The predicted octanol–water partition coefficient (Wildman–Crippen LogP) is 2.85. The molecule has 2 aromatic heterocycles. The van der Waals surface area contributed by atoms with E-state index in [1.807, 2.05) is 0 Å². The smallest absolute Gasteiger partial charge is 0.217 e. The van der Waals surface area contributed by atoms with Crippen molar-refractivity contribution in [3.05, 3.63) is 34.2 Å². The minimum absolute atomic E-state index is 0.745. The Kier molecular flexibility index (Phi) is 6.04. The van der Waals surface area contributed by atoms with Gasteiger partial charge in [-0.2, -0.15) is 0 Å². The lowest BCUT2D eigenvalue weighted by Gasteiger charge is -1.98. The molecule has 0 radical (unpaired) electrons. The van der Waals surface area contributed by atoms with Gasteiger partial charge in [0.25, 0.3) is 0 Å². The molecule has 2 rings (SSSR count). The van der Waals surface area contributed by atoms with E-state index in [2.05, 4.69) is 40.0 Å². The van der Waals surface area contributed by atoms with Crippen LogP contribution in [0.2, 0.25) is 0 Å². The highest BCUT2D eigenvalue weighted by atomic mass is 32.1. The van der Waals surface area contributed by atoms with Crippen LogP contribution in [0, 0.1) is 0 Å². The summed E-state index contributed by atoms with van der Waals surface area (Å²) < 4.78 is 5.62. The Bertz CT molecular complexity index is 453. The maximum Gasteiger partial charge on any atom is 0.217 e. The lowest BCUT2D eigenvalue weighted by Crippen LogP contribution is -2.17. The fourth-order valence-electron chi connectivity index (χ4n) is 1.86. The van der Waals surface area contributed by atoms with E-state index in [4.69, 9.17) is 4.42 Å². The van der Waals surface area contributed by atoms with Crippen molar-refractivity contribution in [2.75, 3.05) is 13.1 Å². The first-order valence-corrected chi connectivity index (χ1v) is 7.81. The molecule has 0 atom stereocenters. The summed E-state index contributed by atoms with van der Waals surface area (Å²) in [5.41, 5.74) is 0. The molecule has 5 heteroatoms. The van der Waals surface area contributed by atoms with Crippen molar-refractivity contribution in [2.24, 2.45) is 0 Å². The Balaban J connectivity index is 1.65. The van der Waals surface area contributed by atoms with Crippen molar-refractivity contribution < 1.29 is 4.42 Å². The van der Waals surface area contributed by atoms with Crippen molar-refractivity contribution in [1.29, 1.82) is 0 Å². The van der Waals surface area contributed by atoms with E-state index in [-0.39, 0.29) is 0 Å². The molecule has 0 unspecified atom stereocenters. The summed E-state index contributed by atoms with van der Waals surface area (Å²) in [6.45, 7) is 4.11. The van der Waals surface area contributed by atoms with Crippen molar-refractivity contribution in [3.63, 3.8) is 0 Å². The minimum Gasteiger partial charge on any atom is -0.425 e. The summed E-state index contributed by atoms with van der Waals surface area (Å²) in [4.78, 5) is 1.42. The second-order valence-corrected chi connectivity index (χ2v) is 5.55.